The van der Waals surface area contributed by atoms with E-state index >= 15 is 0 Å². The van der Waals surface area contributed by atoms with E-state index in [2.05, 4.69) is 10.6 Å². The SMILES string of the molecule is O=C(CCNc1cccc(Cl)c1)NCc1ccccc1F. The van der Waals surface area contributed by atoms with Crippen LogP contribution in [0.5, 0.6) is 0 Å². The normalized spacial score (nSPS) is 10.2. The van der Waals surface area contributed by atoms with Crippen molar-refractivity contribution in [1.29, 1.82) is 0 Å². The number of carbonyl (C=O) groups is 1. The third-order valence-corrected chi connectivity index (χ3v) is 3.17. The fraction of sp³-hybridized carbons (Fsp3) is 0.188. The summed E-state index contributed by atoms with van der Waals surface area (Å²) in [5.41, 5.74) is 1.35. The van der Waals surface area contributed by atoms with E-state index in [-0.39, 0.29) is 18.3 Å². The number of rotatable bonds is 6. The van der Waals surface area contributed by atoms with E-state index in [0.717, 1.165) is 5.69 Å². The highest BCUT2D eigenvalue weighted by molar-refractivity contribution is 6.30. The highest BCUT2D eigenvalue weighted by Crippen LogP contribution is 2.14. The van der Waals surface area contributed by atoms with Gasteiger partial charge in [-0.2, -0.15) is 0 Å². The first kappa shape index (κ1) is 15.3. The maximum Gasteiger partial charge on any atom is 0.222 e. The van der Waals surface area contributed by atoms with Crippen LogP contribution in [0.1, 0.15) is 12.0 Å². The van der Waals surface area contributed by atoms with Crippen LogP contribution in [0.25, 0.3) is 0 Å². The second-order valence-corrected chi connectivity index (χ2v) is 4.99. The van der Waals surface area contributed by atoms with Crippen LogP contribution in [0.4, 0.5) is 10.1 Å². The van der Waals surface area contributed by atoms with Gasteiger partial charge in [-0.05, 0) is 24.3 Å². The summed E-state index contributed by atoms with van der Waals surface area (Å²) < 4.78 is 13.4. The molecule has 0 aliphatic carbocycles. The van der Waals surface area contributed by atoms with E-state index in [1.807, 2.05) is 12.1 Å². The minimum Gasteiger partial charge on any atom is -0.384 e. The predicted octanol–water partition coefficient (Wildman–Crippen LogP) is 3.60. The third kappa shape index (κ3) is 5.08. The van der Waals surface area contributed by atoms with Crippen molar-refractivity contribution >= 4 is 23.2 Å². The Morgan fingerprint density at radius 3 is 2.71 bits per heavy atom. The highest BCUT2D eigenvalue weighted by atomic mass is 35.5. The van der Waals surface area contributed by atoms with Crippen LogP contribution in [-0.4, -0.2) is 12.5 Å². The first-order valence-corrected chi connectivity index (χ1v) is 7.02. The summed E-state index contributed by atoms with van der Waals surface area (Å²) in [5, 5.41) is 6.44. The predicted molar refractivity (Wildman–Crippen MR) is 82.8 cm³/mol. The van der Waals surface area contributed by atoms with Crippen LogP contribution < -0.4 is 10.6 Å². The molecule has 0 atom stereocenters. The standard InChI is InChI=1S/C16H16ClFN2O/c17-13-5-3-6-14(10-13)19-9-8-16(21)20-11-12-4-1-2-7-15(12)18/h1-7,10,19H,8-9,11H2,(H,20,21). The quantitative estimate of drug-likeness (QED) is 0.856. The van der Waals surface area contributed by atoms with Crippen molar-refractivity contribution in [3.8, 4) is 0 Å². The van der Waals surface area contributed by atoms with Crippen molar-refractivity contribution in [2.24, 2.45) is 0 Å². The third-order valence-electron chi connectivity index (χ3n) is 2.94. The minimum absolute atomic E-state index is 0.132. The zero-order valence-electron chi connectivity index (χ0n) is 11.4. The Kier molecular flexibility index (Phi) is 5.58. The molecule has 2 aromatic rings. The number of nitrogens with one attached hydrogen (secondary N) is 2. The number of carbonyl (C=O) groups excluding carboxylic acids is 1. The summed E-state index contributed by atoms with van der Waals surface area (Å²) in [7, 11) is 0. The molecule has 0 fully saturated rings. The number of benzene rings is 2. The van der Waals surface area contributed by atoms with Crippen LogP contribution in [-0.2, 0) is 11.3 Å². The van der Waals surface area contributed by atoms with Crippen molar-refractivity contribution in [3.63, 3.8) is 0 Å². The molecular formula is C16H16ClFN2O. The topological polar surface area (TPSA) is 41.1 Å². The van der Waals surface area contributed by atoms with Crippen LogP contribution in [0.2, 0.25) is 5.02 Å². The van der Waals surface area contributed by atoms with Gasteiger partial charge in [0.2, 0.25) is 5.91 Å². The molecule has 3 nitrogen and oxygen atoms in total. The number of anilines is 1. The Labute approximate surface area is 128 Å². The van der Waals surface area contributed by atoms with Crippen molar-refractivity contribution in [3.05, 3.63) is 64.9 Å². The van der Waals surface area contributed by atoms with Crippen LogP contribution in [0.3, 0.4) is 0 Å². The van der Waals surface area contributed by atoms with Crippen molar-refractivity contribution in [2.75, 3.05) is 11.9 Å². The van der Waals surface area contributed by atoms with Gasteiger partial charge in [0.15, 0.2) is 0 Å². The van der Waals surface area contributed by atoms with E-state index in [1.165, 1.54) is 6.07 Å². The second-order valence-electron chi connectivity index (χ2n) is 4.56. The molecule has 110 valence electrons. The monoisotopic (exact) mass is 306 g/mol. The van der Waals surface area contributed by atoms with E-state index < -0.39 is 0 Å². The molecule has 5 heteroatoms. The summed E-state index contributed by atoms with van der Waals surface area (Å²) in [6.07, 6.45) is 0.307. The molecule has 21 heavy (non-hydrogen) atoms. The van der Waals surface area contributed by atoms with Gasteiger partial charge in [0.05, 0.1) is 0 Å². The van der Waals surface area contributed by atoms with E-state index in [4.69, 9.17) is 11.6 Å². The molecule has 0 aliphatic heterocycles. The lowest BCUT2D eigenvalue weighted by Gasteiger charge is -2.08. The first-order chi connectivity index (χ1) is 10.1. The van der Waals surface area contributed by atoms with Gasteiger partial charge in [-0.25, -0.2) is 4.39 Å². The Morgan fingerprint density at radius 2 is 1.95 bits per heavy atom. The molecule has 2 rings (SSSR count). The van der Waals surface area contributed by atoms with E-state index in [0.29, 0.717) is 23.6 Å². The van der Waals surface area contributed by atoms with E-state index in [9.17, 15) is 9.18 Å². The molecule has 0 saturated carbocycles. The molecule has 0 unspecified atom stereocenters. The smallest absolute Gasteiger partial charge is 0.222 e. The van der Waals surface area contributed by atoms with Crippen LogP contribution >= 0.6 is 11.6 Å². The number of amides is 1. The fourth-order valence-corrected chi connectivity index (χ4v) is 2.03. The summed E-state index contributed by atoms with van der Waals surface area (Å²) >= 11 is 5.86. The lowest BCUT2D eigenvalue weighted by molar-refractivity contribution is -0.121. The number of halogens is 2. The molecule has 0 bridgehead atoms. The summed E-state index contributed by atoms with van der Waals surface area (Å²) in [6.45, 7) is 0.687. The highest BCUT2D eigenvalue weighted by Gasteiger charge is 2.04. The summed E-state index contributed by atoms with van der Waals surface area (Å²) in [5.74, 6) is -0.442. The molecule has 0 aliphatic rings. The number of hydrogen-bond donors (Lipinski definition) is 2. The van der Waals surface area contributed by atoms with E-state index in [1.54, 1.807) is 30.3 Å². The van der Waals surface area contributed by atoms with Gasteiger partial charge in [-0.1, -0.05) is 35.9 Å². The zero-order valence-corrected chi connectivity index (χ0v) is 12.2. The lowest BCUT2D eigenvalue weighted by Crippen LogP contribution is -2.25. The van der Waals surface area contributed by atoms with Crippen molar-refractivity contribution < 1.29 is 9.18 Å². The van der Waals surface area contributed by atoms with Gasteiger partial charge in [0.25, 0.3) is 0 Å². The molecular weight excluding hydrogens is 291 g/mol. The van der Waals surface area contributed by atoms with Gasteiger partial charge < -0.3 is 10.6 Å². The second kappa shape index (κ2) is 7.64. The molecule has 0 heterocycles. The minimum atomic E-state index is -0.310. The average molecular weight is 307 g/mol. The number of hydrogen-bond acceptors (Lipinski definition) is 2. The Bertz CT molecular complexity index is 619. The largest absolute Gasteiger partial charge is 0.384 e. The lowest BCUT2D eigenvalue weighted by atomic mass is 10.2. The Hall–Kier alpha value is -2.07. The molecule has 0 spiro atoms. The molecule has 1 amide bonds. The fourth-order valence-electron chi connectivity index (χ4n) is 1.84. The van der Waals surface area contributed by atoms with Gasteiger partial charge in [0, 0.05) is 35.8 Å². The zero-order chi connectivity index (χ0) is 15.1. The Balaban J connectivity index is 1.72. The summed E-state index contributed by atoms with van der Waals surface area (Å²) in [4.78, 5) is 11.7. The Morgan fingerprint density at radius 1 is 1.14 bits per heavy atom. The van der Waals surface area contributed by atoms with Gasteiger partial charge in [-0.15, -0.1) is 0 Å². The van der Waals surface area contributed by atoms with Gasteiger partial charge in [-0.3, -0.25) is 4.79 Å². The molecule has 2 aromatic carbocycles. The van der Waals surface area contributed by atoms with Crippen molar-refractivity contribution in [1.82, 2.24) is 5.32 Å². The molecule has 2 N–H and O–H groups in total. The van der Waals surface area contributed by atoms with Crippen LogP contribution in [0.15, 0.2) is 48.5 Å². The maximum atomic E-state index is 13.4. The van der Waals surface area contributed by atoms with Crippen LogP contribution in [0, 0.1) is 5.82 Å². The molecule has 0 radical (unpaired) electrons. The molecule has 0 saturated heterocycles. The summed E-state index contributed by atoms with van der Waals surface area (Å²) in [6, 6.07) is 13.7. The van der Waals surface area contributed by atoms with Crippen molar-refractivity contribution in [2.45, 2.75) is 13.0 Å². The molecule has 0 aromatic heterocycles. The van der Waals surface area contributed by atoms with Gasteiger partial charge >= 0.3 is 0 Å². The maximum absolute atomic E-state index is 13.4. The average Bonchev–Trinajstić information content (AvgIpc) is 2.46. The van der Waals surface area contributed by atoms with Gasteiger partial charge in [0.1, 0.15) is 5.82 Å². The first-order valence-electron chi connectivity index (χ1n) is 6.65.